The Balaban J connectivity index is 0. The van der Waals surface area contributed by atoms with E-state index in [-0.39, 0.29) is 79.8 Å². The van der Waals surface area contributed by atoms with Gasteiger partial charge in [-0.1, -0.05) is 0 Å². The van der Waals surface area contributed by atoms with E-state index in [0.717, 1.165) is 0 Å². The monoisotopic (exact) mass is 339 g/mol. The Labute approximate surface area is 78.5 Å². The normalized spacial score (nSPS) is 0. The van der Waals surface area contributed by atoms with Gasteiger partial charge in [-0.2, -0.15) is 0 Å². The number of rotatable bonds is 0. The zero-order valence-corrected chi connectivity index (χ0v) is 9.60. The SMILES string of the molecule is [CH3-].[V].[W].[Y]. The quantitative estimate of drug-likeness (QED) is 0.563. The summed E-state index contributed by atoms with van der Waals surface area (Å²) < 4.78 is 0. The Hall–Kier alpha value is 2.38. The zero-order valence-electron chi connectivity index (χ0n) is 2.43. The first kappa shape index (κ1) is 32.6. The van der Waals surface area contributed by atoms with Gasteiger partial charge in [0, 0.05) is 72.3 Å². The van der Waals surface area contributed by atoms with E-state index < -0.39 is 0 Å². The number of hydrogen-bond acceptors (Lipinski definition) is 0. The number of hydrogen-bond donors (Lipinski definition) is 0. The molecule has 0 saturated carbocycles. The van der Waals surface area contributed by atoms with E-state index in [1.807, 2.05) is 0 Å². The molecule has 0 aromatic heterocycles. The predicted octanol–water partition coefficient (Wildman–Crippen LogP) is 0.443. The van der Waals surface area contributed by atoms with Crippen LogP contribution in [0.2, 0.25) is 0 Å². The molecule has 0 fully saturated rings. The summed E-state index contributed by atoms with van der Waals surface area (Å²) in [6, 6.07) is 0. The van der Waals surface area contributed by atoms with Crippen molar-refractivity contribution in [3.63, 3.8) is 0 Å². The molecule has 0 nitrogen and oxygen atoms in total. The summed E-state index contributed by atoms with van der Waals surface area (Å²) in [4.78, 5) is 0. The first-order chi connectivity index (χ1) is 0. The van der Waals surface area contributed by atoms with E-state index in [2.05, 4.69) is 0 Å². The van der Waals surface area contributed by atoms with E-state index in [4.69, 9.17) is 0 Å². The van der Waals surface area contributed by atoms with E-state index >= 15 is 0 Å². The Morgan fingerprint density at radius 2 is 1.00 bits per heavy atom. The summed E-state index contributed by atoms with van der Waals surface area (Å²) in [5, 5.41) is 0. The maximum Gasteiger partial charge on any atom is 0 e. The molecule has 0 unspecified atom stereocenters. The second kappa shape index (κ2) is 18.2. The van der Waals surface area contributed by atoms with Gasteiger partial charge in [0.15, 0.2) is 0 Å². The third-order valence-corrected chi connectivity index (χ3v) is 0. The van der Waals surface area contributed by atoms with Crippen molar-refractivity contribution in [1.82, 2.24) is 0 Å². The standard InChI is InChI=1S/CH3.V.W.Y/h1H3;;;/q-1;;;. The first-order valence-electron chi connectivity index (χ1n) is 0. The van der Waals surface area contributed by atoms with E-state index in [1.54, 1.807) is 0 Å². The molecule has 0 N–H and O–H groups in total. The van der Waals surface area contributed by atoms with Gasteiger partial charge in [-0.3, -0.25) is 0 Å². The average molecular weight is 339 g/mol. The molecule has 0 aliphatic rings. The molecule has 0 aromatic rings. The maximum absolute atomic E-state index is 0. The minimum Gasteiger partial charge on any atom is -0.358 e. The second-order valence-corrected chi connectivity index (χ2v) is 0. The van der Waals surface area contributed by atoms with Crippen LogP contribution in [0.5, 0.6) is 0 Å². The Bertz CT molecular complexity index is 8.00. The summed E-state index contributed by atoms with van der Waals surface area (Å²) >= 11 is 0. The van der Waals surface area contributed by atoms with Gasteiger partial charge in [0.2, 0.25) is 0 Å². The summed E-state index contributed by atoms with van der Waals surface area (Å²) in [5.41, 5.74) is 0. The minimum atomic E-state index is 0. The van der Waals surface area contributed by atoms with Crippen molar-refractivity contribution in [2.24, 2.45) is 0 Å². The molecule has 0 rings (SSSR count). The van der Waals surface area contributed by atoms with Gasteiger partial charge < -0.3 is 7.43 Å². The smallest absolute Gasteiger partial charge is 0 e. The van der Waals surface area contributed by atoms with Crippen LogP contribution in [-0.2, 0) is 72.3 Å². The van der Waals surface area contributed by atoms with Crippen LogP contribution in [0.15, 0.2) is 0 Å². The van der Waals surface area contributed by atoms with Crippen molar-refractivity contribution in [2.75, 3.05) is 0 Å². The summed E-state index contributed by atoms with van der Waals surface area (Å²) in [6.45, 7) is 0. The fourth-order valence-electron chi connectivity index (χ4n) is 0. The summed E-state index contributed by atoms with van der Waals surface area (Å²) in [5.74, 6) is 0. The molecule has 3 heteroatoms. The van der Waals surface area contributed by atoms with Gasteiger partial charge in [0.25, 0.3) is 0 Å². The third-order valence-electron chi connectivity index (χ3n) is 0. The van der Waals surface area contributed by atoms with Gasteiger partial charge in [-0.05, 0) is 0 Å². The molecule has 0 aliphatic heterocycles. The van der Waals surface area contributed by atoms with Crippen LogP contribution in [0.4, 0.5) is 0 Å². The molecular formula is CH3VWY-. The zero-order chi connectivity index (χ0) is 0. The van der Waals surface area contributed by atoms with Crippen LogP contribution in [0.1, 0.15) is 0 Å². The van der Waals surface area contributed by atoms with Gasteiger partial charge in [-0.15, -0.1) is 0 Å². The first-order valence-corrected chi connectivity index (χ1v) is 0. The van der Waals surface area contributed by atoms with Crippen molar-refractivity contribution >= 4 is 0 Å². The van der Waals surface area contributed by atoms with Crippen molar-refractivity contribution in [2.45, 2.75) is 0 Å². The molecule has 0 atom stereocenters. The average Bonchev–Trinajstić information content (AvgIpc) is 0. The van der Waals surface area contributed by atoms with E-state index in [9.17, 15) is 0 Å². The van der Waals surface area contributed by atoms with E-state index in [0.29, 0.717) is 0 Å². The van der Waals surface area contributed by atoms with E-state index in [1.165, 1.54) is 0 Å². The molecule has 0 spiro atoms. The van der Waals surface area contributed by atoms with Crippen LogP contribution in [0, 0.1) is 7.43 Å². The largest absolute Gasteiger partial charge is 0.358 e. The van der Waals surface area contributed by atoms with Crippen molar-refractivity contribution in [3.8, 4) is 0 Å². The second-order valence-electron chi connectivity index (χ2n) is 0. The van der Waals surface area contributed by atoms with Crippen LogP contribution < -0.4 is 0 Å². The van der Waals surface area contributed by atoms with Crippen molar-refractivity contribution in [3.05, 3.63) is 7.43 Å². The summed E-state index contributed by atoms with van der Waals surface area (Å²) in [7, 11) is 0. The molecule has 0 aliphatic carbocycles. The van der Waals surface area contributed by atoms with Gasteiger partial charge in [0.1, 0.15) is 0 Å². The molecule has 2 radical (unpaired) electrons. The predicted molar refractivity (Wildman–Crippen MR) is 6.41 cm³/mol. The maximum atomic E-state index is 0. The molecule has 0 amide bonds. The molecule has 22 valence electrons. The molecule has 0 aromatic carbocycles. The van der Waals surface area contributed by atoms with Crippen LogP contribution in [0.3, 0.4) is 0 Å². The van der Waals surface area contributed by atoms with Crippen molar-refractivity contribution < 1.29 is 72.3 Å². The van der Waals surface area contributed by atoms with Crippen LogP contribution in [0.25, 0.3) is 0 Å². The van der Waals surface area contributed by atoms with Crippen molar-refractivity contribution in [1.29, 1.82) is 0 Å². The molecule has 0 bridgehead atoms. The topological polar surface area (TPSA) is 0 Å². The Kier molecular flexibility index (Phi) is 149. The molecule has 4 heavy (non-hydrogen) atoms. The van der Waals surface area contributed by atoms with Gasteiger partial charge >= 0.3 is 0 Å². The molecule has 0 heterocycles. The fraction of sp³-hybridized carbons (Fsp3) is 0. The Morgan fingerprint density at radius 3 is 1.00 bits per heavy atom. The molecule has 0 saturated heterocycles. The Morgan fingerprint density at radius 1 is 1.00 bits per heavy atom. The van der Waals surface area contributed by atoms with Crippen LogP contribution >= 0.6 is 0 Å². The molecular weight excluding hydrogens is 336 g/mol. The summed E-state index contributed by atoms with van der Waals surface area (Å²) in [6.07, 6.45) is 0. The third kappa shape index (κ3) is 8.83. The fourth-order valence-corrected chi connectivity index (χ4v) is 0. The minimum absolute atomic E-state index is 0. The van der Waals surface area contributed by atoms with Crippen LogP contribution in [-0.4, -0.2) is 0 Å². The van der Waals surface area contributed by atoms with Gasteiger partial charge in [0.05, 0.1) is 0 Å². The van der Waals surface area contributed by atoms with Gasteiger partial charge in [-0.25, -0.2) is 0 Å².